The smallest absolute Gasteiger partial charge is 0.448 e. The maximum Gasteiger partial charge on any atom is 0.448 e. The third kappa shape index (κ3) is 3.46. The molecule has 2 unspecified atom stereocenters. The highest BCUT2D eigenvalue weighted by molar-refractivity contribution is 7.81. The molecule has 16 heavy (non-hydrogen) atoms. The number of carbonyl (C=O) groups excluding carboxylic acids is 1. The lowest BCUT2D eigenvalue weighted by atomic mass is 9.79. The van der Waals surface area contributed by atoms with Crippen molar-refractivity contribution >= 4 is 22.3 Å². The van der Waals surface area contributed by atoms with E-state index in [-0.39, 0.29) is 6.42 Å². The van der Waals surface area contributed by atoms with Crippen molar-refractivity contribution in [2.75, 3.05) is 0 Å². The van der Waals surface area contributed by atoms with Crippen LogP contribution >= 0.6 is 0 Å². The molecule has 1 fully saturated rings. The Morgan fingerprint density at radius 3 is 2.06 bits per heavy atom. The molecule has 0 heterocycles. The van der Waals surface area contributed by atoms with Gasteiger partial charge in [-0.2, -0.15) is 8.42 Å². The van der Waals surface area contributed by atoms with Gasteiger partial charge in [0, 0.05) is 0 Å². The Morgan fingerprint density at radius 1 is 1.12 bits per heavy atom. The normalized spacial score (nSPS) is 26.1. The summed E-state index contributed by atoms with van der Waals surface area (Å²) in [6.45, 7) is 0. The molecule has 0 aromatic rings. The molecule has 2 N–H and O–H groups in total. The maximum absolute atomic E-state index is 11.3. The number of hydrogen-bond donors (Lipinski definition) is 2. The number of hydrogen-bond acceptors (Lipinski definition) is 5. The molecule has 7 nitrogen and oxygen atoms in total. The molecule has 0 bridgehead atoms. The van der Waals surface area contributed by atoms with Gasteiger partial charge >= 0.3 is 22.3 Å². The van der Waals surface area contributed by atoms with Gasteiger partial charge in [-0.15, -0.1) is 0 Å². The molecular weight excluding hydrogens is 240 g/mol. The average Bonchev–Trinajstić information content (AvgIpc) is 2.15. The summed E-state index contributed by atoms with van der Waals surface area (Å²) in [4.78, 5) is 22.1. The molecule has 92 valence electrons. The zero-order chi connectivity index (χ0) is 12.3. The summed E-state index contributed by atoms with van der Waals surface area (Å²) in [6, 6.07) is 0. The predicted molar refractivity (Wildman–Crippen MR) is 50.7 cm³/mol. The minimum absolute atomic E-state index is 0.255. The van der Waals surface area contributed by atoms with E-state index in [0.717, 1.165) is 0 Å². The van der Waals surface area contributed by atoms with E-state index in [9.17, 15) is 18.0 Å². The number of aliphatic carboxylic acids is 1. The summed E-state index contributed by atoms with van der Waals surface area (Å²) in [5.41, 5.74) is 0. The molecule has 0 aliphatic heterocycles. The Bertz CT molecular complexity index is 385. The Balaban J connectivity index is 2.76. The van der Waals surface area contributed by atoms with Crippen LogP contribution in [0.4, 0.5) is 0 Å². The third-order valence-electron chi connectivity index (χ3n) is 2.57. The highest BCUT2D eigenvalue weighted by Crippen LogP contribution is 2.31. The van der Waals surface area contributed by atoms with E-state index < -0.39 is 34.2 Å². The molecule has 1 aliphatic carbocycles. The Morgan fingerprint density at radius 2 is 1.62 bits per heavy atom. The highest BCUT2D eigenvalue weighted by atomic mass is 32.3. The lowest BCUT2D eigenvalue weighted by Crippen LogP contribution is -2.34. The predicted octanol–water partition coefficient (Wildman–Crippen LogP) is 0.223. The fourth-order valence-corrected chi connectivity index (χ4v) is 2.21. The first-order chi connectivity index (χ1) is 7.31. The third-order valence-corrected chi connectivity index (χ3v) is 2.95. The zero-order valence-corrected chi connectivity index (χ0v) is 9.14. The van der Waals surface area contributed by atoms with Crippen LogP contribution in [0.15, 0.2) is 0 Å². The van der Waals surface area contributed by atoms with E-state index in [0.29, 0.717) is 19.3 Å². The lowest BCUT2D eigenvalue weighted by molar-refractivity contribution is -0.154. The van der Waals surface area contributed by atoms with Gasteiger partial charge in [-0.1, -0.05) is 12.8 Å². The van der Waals surface area contributed by atoms with Crippen molar-refractivity contribution in [3.8, 4) is 0 Å². The van der Waals surface area contributed by atoms with Crippen molar-refractivity contribution < 1.29 is 31.8 Å². The Hall–Kier alpha value is -1.15. The van der Waals surface area contributed by atoms with Gasteiger partial charge in [0.2, 0.25) is 0 Å². The van der Waals surface area contributed by atoms with Crippen molar-refractivity contribution in [1.82, 2.24) is 0 Å². The molecule has 0 aromatic heterocycles. The Kier molecular flexibility index (Phi) is 3.87. The van der Waals surface area contributed by atoms with E-state index >= 15 is 0 Å². The molecule has 1 saturated carbocycles. The van der Waals surface area contributed by atoms with E-state index in [1.165, 1.54) is 0 Å². The second-order valence-electron chi connectivity index (χ2n) is 3.67. The number of rotatable bonds is 3. The minimum atomic E-state index is -4.86. The van der Waals surface area contributed by atoms with E-state index in [4.69, 9.17) is 9.66 Å². The second kappa shape index (κ2) is 4.79. The van der Waals surface area contributed by atoms with Gasteiger partial charge in [-0.3, -0.25) is 14.1 Å². The molecule has 0 amide bonds. The van der Waals surface area contributed by atoms with Crippen LogP contribution in [0, 0.1) is 11.8 Å². The number of carboxylic acid groups (broad SMARTS) is 1. The quantitative estimate of drug-likeness (QED) is 0.690. The largest absolute Gasteiger partial charge is 0.481 e. The van der Waals surface area contributed by atoms with Crippen LogP contribution in [-0.4, -0.2) is 30.0 Å². The molecule has 1 rings (SSSR count). The molecule has 8 heteroatoms. The van der Waals surface area contributed by atoms with Crippen molar-refractivity contribution in [3.63, 3.8) is 0 Å². The van der Waals surface area contributed by atoms with Gasteiger partial charge < -0.3 is 9.29 Å². The van der Waals surface area contributed by atoms with Crippen LogP contribution in [0.25, 0.3) is 0 Å². The van der Waals surface area contributed by atoms with Gasteiger partial charge in [-0.05, 0) is 12.8 Å². The summed E-state index contributed by atoms with van der Waals surface area (Å²) >= 11 is 0. The topological polar surface area (TPSA) is 118 Å². The summed E-state index contributed by atoms with van der Waals surface area (Å²) in [5.74, 6) is -4.30. The van der Waals surface area contributed by atoms with Gasteiger partial charge in [0.25, 0.3) is 0 Å². The SMILES string of the molecule is O=C(O)C1CCCCC1C(=O)OS(=O)(=O)O. The van der Waals surface area contributed by atoms with Crippen molar-refractivity contribution in [2.24, 2.45) is 11.8 Å². The van der Waals surface area contributed by atoms with Gasteiger partial charge in [-0.25, -0.2) is 0 Å². The number of carboxylic acids is 1. The lowest BCUT2D eigenvalue weighted by Gasteiger charge is -2.25. The zero-order valence-electron chi connectivity index (χ0n) is 8.33. The van der Waals surface area contributed by atoms with Crippen LogP contribution in [0.5, 0.6) is 0 Å². The summed E-state index contributed by atoms with van der Waals surface area (Å²) < 4.78 is 32.8. The standard InChI is InChI=1S/C8H12O7S/c9-7(10)5-3-1-2-4-6(5)8(11)15-16(12,13)14/h5-6H,1-4H2,(H,9,10)(H,12,13,14). The van der Waals surface area contributed by atoms with Crippen LogP contribution in [0.2, 0.25) is 0 Å². The molecule has 2 atom stereocenters. The molecule has 1 aliphatic rings. The second-order valence-corrected chi connectivity index (χ2v) is 4.69. The fourth-order valence-electron chi connectivity index (χ4n) is 1.87. The van der Waals surface area contributed by atoms with Gasteiger partial charge in [0.15, 0.2) is 0 Å². The van der Waals surface area contributed by atoms with Crippen molar-refractivity contribution in [2.45, 2.75) is 25.7 Å². The summed E-state index contributed by atoms with van der Waals surface area (Å²) in [6.07, 6.45) is 1.87. The Labute approximate surface area is 92.4 Å². The molecule has 0 aromatic carbocycles. The van der Waals surface area contributed by atoms with Crippen LogP contribution in [0.1, 0.15) is 25.7 Å². The van der Waals surface area contributed by atoms with Crippen molar-refractivity contribution in [3.05, 3.63) is 0 Å². The van der Waals surface area contributed by atoms with Gasteiger partial charge in [0.1, 0.15) is 0 Å². The van der Waals surface area contributed by atoms with Crippen molar-refractivity contribution in [1.29, 1.82) is 0 Å². The average molecular weight is 252 g/mol. The van der Waals surface area contributed by atoms with Crippen LogP contribution in [0.3, 0.4) is 0 Å². The van der Waals surface area contributed by atoms with Gasteiger partial charge in [0.05, 0.1) is 11.8 Å². The number of carbonyl (C=O) groups is 2. The first kappa shape index (κ1) is 12.9. The summed E-state index contributed by atoms with van der Waals surface area (Å²) in [5, 5.41) is 8.84. The van der Waals surface area contributed by atoms with E-state index in [2.05, 4.69) is 4.18 Å². The fraction of sp³-hybridized carbons (Fsp3) is 0.750. The molecule has 0 spiro atoms. The first-order valence-electron chi connectivity index (χ1n) is 4.75. The van der Waals surface area contributed by atoms with E-state index in [1.54, 1.807) is 0 Å². The monoisotopic (exact) mass is 252 g/mol. The highest BCUT2D eigenvalue weighted by Gasteiger charge is 2.38. The maximum atomic E-state index is 11.3. The van der Waals surface area contributed by atoms with E-state index in [1.807, 2.05) is 0 Å². The first-order valence-corrected chi connectivity index (χ1v) is 6.11. The minimum Gasteiger partial charge on any atom is -0.481 e. The van der Waals surface area contributed by atoms with Crippen LogP contribution in [-0.2, 0) is 24.2 Å². The molecule has 0 saturated heterocycles. The molecule has 0 radical (unpaired) electrons. The van der Waals surface area contributed by atoms with Crippen LogP contribution < -0.4 is 0 Å². The molecular formula is C8H12O7S. The summed E-state index contributed by atoms with van der Waals surface area (Å²) in [7, 11) is -4.86.